The maximum absolute atomic E-state index is 12.9. The van der Waals surface area contributed by atoms with Gasteiger partial charge in [0.25, 0.3) is 0 Å². The summed E-state index contributed by atoms with van der Waals surface area (Å²) in [6.45, 7) is 0.284. The lowest BCUT2D eigenvalue weighted by molar-refractivity contribution is -0.292. The average molecular weight is 522 g/mol. The molecule has 0 aromatic heterocycles. The summed E-state index contributed by atoms with van der Waals surface area (Å²) in [7, 11) is 0. The first-order valence-corrected chi connectivity index (χ1v) is 9.72. The molecule has 0 aromatic carbocycles. The Balaban J connectivity index is 2.68. The lowest BCUT2D eigenvalue weighted by Gasteiger charge is -2.46. The third kappa shape index (κ3) is 8.56. The van der Waals surface area contributed by atoms with Crippen LogP contribution in [0.5, 0.6) is 0 Å². The van der Waals surface area contributed by atoms with Gasteiger partial charge in [0, 0.05) is 12.6 Å². The van der Waals surface area contributed by atoms with Gasteiger partial charge < -0.3 is 20.1 Å². The summed E-state index contributed by atoms with van der Waals surface area (Å²) >= 11 is 0. The maximum atomic E-state index is 12.9. The summed E-state index contributed by atoms with van der Waals surface area (Å²) < 4.78 is 132. The molecular weight excluding hydrogens is 498 g/mol. The van der Waals surface area contributed by atoms with E-state index >= 15 is 0 Å². The predicted molar refractivity (Wildman–Crippen MR) is 95.4 cm³/mol. The fraction of sp³-hybridized carbons (Fsp3) is 0.889. The molecule has 0 aromatic rings. The van der Waals surface area contributed by atoms with E-state index in [2.05, 4.69) is 20.1 Å². The van der Waals surface area contributed by atoms with Crippen LogP contribution in [0.3, 0.4) is 0 Å². The van der Waals surface area contributed by atoms with E-state index in [0.29, 0.717) is 6.42 Å². The molecule has 0 radical (unpaired) electrons. The van der Waals surface area contributed by atoms with Crippen LogP contribution in [0.4, 0.5) is 53.5 Å². The Bertz CT molecular complexity index is 739. The number of alkyl halides is 10. The van der Waals surface area contributed by atoms with Gasteiger partial charge in [0.15, 0.2) is 13.2 Å². The van der Waals surface area contributed by atoms with Gasteiger partial charge in [0.2, 0.25) is 0 Å². The Morgan fingerprint density at radius 3 is 1.68 bits per heavy atom. The molecule has 2 unspecified atom stereocenters. The largest absolute Gasteiger partial charge is 0.456 e. The molecule has 0 spiro atoms. The van der Waals surface area contributed by atoms with E-state index in [-0.39, 0.29) is 19.4 Å². The molecule has 6 nitrogen and oxygen atoms in total. The molecule has 16 heteroatoms. The van der Waals surface area contributed by atoms with Crippen molar-refractivity contribution in [2.75, 3.05) is 19.8 Å². The second-order valence-corrected chi connectivity index (χ2v) is 9.31. The number of halogens is 10. The van der Waals surface area contributed by atoms with Crippen molar-refractivity contribution in [3.05, 3.63) is 0 Å². The van der Waals surface area contributed by atoms with Gasteiger partial charge in [0.05, 0.1) is 0 Å². The van der Waals surface area contributed by atoms with E-state index in [1.165, 1.54) is 0 Å². The SMILES string of the molecule is CC1(C)CC(NC(=O)OCC(F)(F)C(F)(F)F)CC(C)(CNC(=O)OCC(F)(F)C(F)(F)F)C1. The van der Waals surface area contributed by atoms with Crippen LogP contribution in [0.1, 0.15) is 40.0 Å². The van der Waals surface area contributed by atoms with Gasteiger partial charge in [-0.2, -0.15) is 43.9 Å². The summed E-state index contributed by atoms with van der Waals surface area (Å²) in [5.74, 6) is -10.5. The van der Waals surface area contributed by atoms with Crippen LogP contribution in [0.15, 0.2) is 0 Å². The van der Waals surface area contributed by atoms with Crippen LogP contribution in [-0.4, -0.2) is 62.2 Å². The van der Waals surface area contributed by atoms with Gasteiger partial charge in [-0.15, -0.1) is 0 Å². The second-order valence-electron chi connectivity index (χ2n) is 9.31. The van der Waals surface area contributed by atoms with Crippen molar-refractivity contribution in [2.45, 2.75) is 70.3 Å². The third-order valence-electron chi connectivity index (χ3n) is 5.02. The Kier molecular flexibility index (Phi) is 8.64. The van der Waals surface area contributed by atoms with Gasteiger partial charge in [-0.3, -0.25) is 0 Å². The minimum atomic E-state index is -5.91. The van der Waals surface area contributed by atoms with E-state index in [0.717, 1.165) is 0 Å². The van der Waals surface area contributed by atoms with E-state index in [1.807, 2.05) is 0 Å². The zero-order valence-corrected chi connectivity index (χ0v) is 18.2. The number of ether oxygens (including phenoxy) is 2. The molecule has 34 heavy (non-hydrogen) atoms. The minimum Gasteiger partial charge on any atom is -0.443 e. The smallest absolute Gasteiger partial charge is 0.443 e. The van der Waals surface area contributed by atoms with E-state index < -0.39 is 66.5 Å². The Morgan fingerprint density at radius 2 is 1.24 bits per heavy atom. The molecule has 1 saturated carbocycles. The fourth-order valence-corrected chi connectivity index (χ4v) is 3.89. The summed E-state index contributed by atoms with van der Waals surface area (Å²) in [6, 6.07) is -0.798. The molecular formula is C18H24F10N2O4. The highest BCUT2D eigenvalue weighted by atomic mass is 19.4. The number of amides is 2. The molecule has 1 aliphatic carbocycles. The first-order chi connectivity index (χ1) is 15.0. The molecule has 1 rings (SSSR count). The predicted octanol–water partition coefficient (Wildman–Crippen LogP) is 5.42. The average Bonchev–Trinajstić information content (AvgIpc) is 2.59. The van der Waals surface area contributed by atoms with Crippen LogP contribution in [0.25, 0.3) is 0 Å². The first kappa shape index (κ1) is 29.9. The lowest BCUT2D eigenvalue weighted by atomic mass is 9.62. The van der Waals surface area contributed by atoms with E-state index in [4.69, 9.17) is 0 Å². The molecule has 2 atom stereocenters. The highest BCUT2D eigenvalue weighted by Gasteiger charge is 2.59. The van der Waals surface area contributed by atoms with Crippen LogP contribution < -0.4 is 10.6 Å². The number of carbonyl (C=O) groups is 2. The summed E-state index contributed by atoms with van der Waals surface area (Å²) in [4.78, 5) is 23.3. The van der Waals surface area contributed by atoms with E-state index in [9.17, 15) is 53.5 Å². The number of hydrogen-bond donors (Lipinski definition) is 2. The van der Waals surface area contributed by atoms with Crippen LogP contribution in [0.2, 0.25) is 0 Å². The maximum Gasteiger partial charge on any atom is 0.456 e. The van der Waals surface area contributed by atoms with Crippen molar-refractivity contribution in [1.29, 1.82) is 0 Å². The molecule has 0 heterocycles. The van der Waals surface area contributed by atoms with Gasteiger partial charge in [-0.25, -0.2) is 9.59 Å². The quantitative estimate of drug-likeness (QED) is 0.438. The topological polar surface area (TPSA) is 76.7 Å². The van der Waals surface area contributed by atoms with Crippen molar-refractivity contribution in [2.24, 2.45) is 10.8 Å². The van der Waals surface area contributed by atoms with Crippen molar-refractivity contribution >= 4 is 12.2 Å². The molecule has 1 fully saturated rings. The summed E-state index contributed by atoms with van der Waals surface area (Å²) in [5, 5.41) is 4.23. The second kappa shape index (κ2) is 9.84. The zero-order valence-electron chi connectivity index (χ0n) is 18.2. The molecule has 2 N–H and O–H groups in total. The fourth-order valence-electron chi connectivity index (χ4n) is 3.89. The van der Waals surface area contributed by atoms with Gasteiger partial charge in [-0.1, -0.05) is 20.8 Å². The summed E-state index contributed by atoms with van der Waals surface area (Å²) in [6.07, 6.45) is -14.3. The Morgan fingerprint density at radius 1 is 0.794 bits per heavy atom. The molecule has 0 aliphatic heterocycles. The molecule has 0 saturated heterocycles. The number of carbonyl (C=O) groups excluding carboxylic acids is 2. The molecule has 1 aliphatic rings. The summed E-state index contributed by atoms with van der Waals surface area (Å²) in [5.41, 5.74) is -1.45. The zero-order chi connectivity index (χ0) is 26.8. The number of hydrogen-bond acceptors (Lipinski definition) is 4. The van der Waals surface area contributed by atoms with Gasteiger partial charge >= 0.3 is 36.4 Å². The Labute approximate surface area is 187 Å². The standard InChI is InChI=1S/C18H24F10N2O4/c1-13(2)4-10(30-12(32)34-9-16(21,22)18(26,27)28)5-14(3,6-13)7-29-11(31)33-8-15(19,20)17(23,24)25/h10H,4-9H2,1-3H3,(H,29,31)(H,30,32). The number of rotatable bonds is 7. The van der Waals surface area contributed by atoms with Crippen LogP contribution in [0, 0.1) is 10.8 Å². The van der Waals surface area contributed by atoms with E-state index in [1.54, 1.807) is 20.8 Å². The third-order valence-corrected chi connectivity index (χ3v) is 5.02. The van der Waals surface area contributed by atoms with Crippen molar-refractivity contribution < 1.29 is 63.0 Å². The van der Waals surface area contributed by atoms with Crippen molar-refractivity contribution in [1.82, 2.24) is 10.6 Å². The first-order valence-electron chi connectivity index (χ1n) is 9.72. The van der Waals surface area contributed by atoms with Crippen molar-refractivity contribution in [3.63, 3.8) is 0 Å². The van der Waals surface area contributed by atoms with Crippen LogP contribution in [-0.2, 0) is 9.47 Å². The number of nitrogens with one attached hydrogen (secondary N) is 2. The molecule has 200 valence electrons. The molecule has 0 bridgehead atoms. The number of alkyl carbamates (subject to hydrolysis) is 2. The normalized spacial score (nSPS) is 23.7. The van der Waals surface area contributed by atoms with Gasteiger partial charge in [-0.05, 0) is 30.1 Å². The Hall–Kier alpha value is -2.16. The van der Waals surface area contributed by atoms with Crippen molar-refractivity contribution in [3.8, 4) is 0 Å². The van der Waals surface area contributed by atoms with Crippen LogP contribution >= 0.6 is 0 Å². The lowest BCUT2D eigenvalue weighted by Crippen LogP contribution is -2.51. The minimum absolute atomic E-state index is 0.0418. The monoisotopic (exact) mass is 522 g/mol. The van der Waals surface area contributed by atoms with Gasteiger partial charge in [0.1, 0.15) is 0 Å². The highest BCUT2D eigenvalue weighted by Crippen LogP contribution is 2.46. The highest BCUT2D eigenvalue weighted by molar-refractivity contribution is 5.68. The molecule has 2 amide bonds.